The SMILES string of the molecule is CC(C)[C@H](NC(=O)c1ccccc1Cl)C(=O)NC(c1ccc(F)cc1)c1nccn1C. The standard InChI is InChI=1S/C23H24ClFN4O2/c1-14(2)19(27-22(30)17-6-4-5-7-18(17)24)23(31)28-20(21-26-12-13-29(21)3)15-8-10-16(25)11-9-15/h4-14,19-20H,1-3H3,(H,27,30)(H,28,31)/t19-,20?/m0/s1. The first-order chi connectivity index (χ1) is 14.8. The van der Waals surface area contributed by atoms with Gasteiger partial charge in [0.05, 0.1) is 10.6 Å². The van der Waals surface area contributed by atoms with Crippen LogP contribution in [0, 0.1) is 11.7 Å². The summed E-state index contributed by atoms with van der Waals surface area (Å²) in [6, 6.07) is 11.1. The predicted octanol–water partition coefficient (Wildman–Crippen LogP) is 3.87. The van der Waals surface area contributed by atoms with Crippen LogP contribution in [0.2, 0.25) is 5.02 Å². The maximum atomic E-state index is 13.4. The van der Waals surface area contributed by atoms with Crippen LogP contribution in [0.5, 0.6) is 0 Å². The van der Waals surface area contributed by atoms with Crippen molar-refractivity contribution < 1.29 is 14.0 Å². The maximum Gasteiger partial charge on any atom is 0.253 e. The molecule has 0 spiro atoms. The van der Waals surface area contributed by atoms with E-state index in [1.54, 1.807) is 53.4 Å². The van der Waals surface area contributed by atoms with E-state index < -0.39 is 18.0 Å². The number of nitrogens with zero attached hydrogens (tertiary/aromatic N) is 2. The summed E-state index contributed by atoms with van der Waals surface area (Å²) >= 11 is 6.12. The number of amides is 2. The van der Waals surface area contributed by atoms with Crippen LogP contribution in [0.15, 0.2) is 60.9 Å². The summed E-state index contributed by atoms with van der Waals surface area (Å²) in [5.74, 6) is -0.801. The molecular weight excluding hydrogens is 419 g/mol. The molecule has 3 rings (SSSR count). The molecule has 2 N–H and O–H groups in total. The fraction of sp³-hybridized carbons (Fsp3) is 0.261. The van der Waals surface area contributed by atoms with Gasteiger partial charge in [-0.25, -0.2) is 9.37 Å². The van der Waals surface area contributed by atoms with Crippen molar-refractivity contribution in [3.8, 4) is 0 Å². The number of nitrogens with one attached hydrogen (secondary N) is 2. The quantitative estimate of drug-likeness (QED) is 0.583. The number of aromatic nitrogens is 2. The third-order valence-corrected chi connectivity index (χ3v) is 5.29. The van der Waals surface area contributed by atoms with Crippen molar-refractivity contribution in [3.63, 3.8) is 0 Å². The van der Waals surface area contributed by atoms with Gasteiger partial charge in [0.1, 0.15) is 23.7 Å². The highest BCUT2D eigenvalue weighted by Gasteiger charge is 2.29. The molecule has 0 radical (unpaired) electrons. The summed E-state index contributed by atoms with van der Waals surface area (Å²) in [5.41, 5.74) is 0.964. The number of hydrogen-bond acceptors (Lipinski definition) is 3. The second-order valence-electron chi connectivity index (χ2n) is 7.56. The second-order valence-corrected chi connectivity index (χ2v) is 7.97. The molecule has 2 aromatic carbocycles. The molecule has 0 bridgehead atoms. The van der Waals surface area contributed by atoms with Crippen molar-refractivity contribution in [2.45, 2.75) is 25.9 Å². The van der Waals surface area contributed by atoms with Crippen LogP contribution in [-0.2, 0) is 11.8 Å². The minimum Gasteiger partial charge on any atom is -0.340 e. The predicted molar refractivity (Wildman–Crippen MR) is 117 cm³/mol. The second kappa shape index (κ2) is 9.75. The van der Waals surface area contributed by atoms with E-state index in [1.165, 1.54) is 12.1 Å². The van der Waals surface area contributed by atoms with Crippen LogP contribution in [0.25, 0.3) is 0 Å². The van der Waals surface area contributed by atoms with E-state index in [2.05, 4.69) is 15.6 Å². The van der Waals surface area contributed by atoms with Crippen molar-refractivity contribution >= 4 is 23.4 Å². The van der Waals surface area contributed by atoms with Gasteiger partial charge in [0.2, 0.25) is 5.91 Å². The van der Waals surface area contributed by atoms with Crippen molar-refractivity contribution in [2.24, 2.45) is 13.0 Å². The Bertz CT molecular complexity index is 1070. The zero-order valence-electron chi connectivity index (χ0n) is 17.5. The van der Waals surface area contributed by atoms with Gasteiger partial charge >= 0.3 is 0 Å². The molecular formula is C23H24ClFN4O2. The van der Waals surface area contributed by atoms with Gasteiger partial charge in [-0.1, -0.05) is 49.7 Å². The van der Waals surface area contributed by atoms with Crippen LogP contribution in [0.1, 0.15) is 41.6 Å². The van der Waals surface area contributed by atoms with E-state index in [0.717, 1.165) is 0 Å². The number of aryl methyl sites for hydroxylation is 1. The van der Waals surface area contributed by atoms with Crippen LogP contribution < -0.4 is 10.6 Å². The summed E-state index contributed by atoms with van der Waals surface area (Å²) in [4.78, 5) is 30.3. The van der Waals surface area contributed by atoms with Crippen LogP contribution in [0.3, 0.4) is 0 Å². The molecule has 31 heavy (non-hydrogen) atoms. The maximum absolute atomic E-state index is 13.4. The number of carbonyl (C=O) groups is 2. The Kier molecular flexibility index (Phi) is 7.07. The van der Waals surface area contributed by atoms with Crippen molar-refractivity contribution in [3.05, 3.63) is 88.7 Å². The molecule has 2 atom stereocenters. The molecule has 6 nitrogen and oxygen atoms in total. The van der Waals surface area contributed by atoms with E-state index >= 15 is 0 Å². The fourth-order valence-electron chi connectivity index (χ4n) is 3.24. The van der Waals surface area contributed by atoms with Crippen molar-refractivity contribution in [1.29, 1.82) is 0 Å². The number of hydrogen-bond donors (Lipinski definition) is 2. The molecule has 1 heterocycles. The molecule has 0 aliphatic carbocycles. The number of carbonyl (C=O) groups excluding carboxylic acids is 2. The first kappa shape index (κ1) is 22.5. The van der Waals surface area contributed by atoms with Gasteiger partial charge in [-0.15, -0.1) is 0 Å². The van der Waals surface area contributed by atoms with Gasteiger partial charge in [0.15, 0.2) is 0 Å². The highest BCUT2D eigenvalue weighted by Crippen LogP contribution is 2.22. The third kappa shape index (κ3) is 5.30. The first-order valence-electron chi connectivity index (χ1n) is 9.86. The van der Waals surface area contributed by atoms with Gasteiger partial charge < -0.3 is 15.2 Å². The molecule has 2 amide bonds. The van der Waals surface area contributed by atoms with E-state index in [-0.39, 0.29) is 17.6 Å². The number of benzene rings is 2. The van der Waals surface area contributed by atoms with E-state index in [4.69, 9.17) is 11.6 Å². The van der Waals surface area contributed by atoms with E-state index in [1.807, 2.05) is 20.9 Å². The number of rotatable bonds is 7. The summed E-state index contributed by atoms with van der Waals surface area (Å²) in [7, 11) is 1.81. The largest absolute Gasteiger partial charge is 0.340 e. The lowest BCUT2D eigenvalue weighted by Gasteiger charge is -2.26. The Morgan fingerprint density at radius 1 is 1.06 bits per heavy atom. The van der Waals surface area contributed by atoms with Crippen LogP contribution >= 0.6 is 11.6 Å². The van der Waals surface area contributed by atoms with Crippen LogP contribution in [0.4, 0.5) is 4.39 Å². The molecule has 1 aromatic heterocycles. The molecule has 0 saturated carbocycles. The molecule has 0 aliphatic heterocycles. The molecule has 0 saturated heterocycles. The molecule has 1 unspecified atom stereocenters. The molecule has 3 aromatic rings. The summed E-state index contributed by atoms with van der Waals surface area (Å²) in [5, 5.41) is 6.04. The number of imidazole rings is 1. The summed E-state index contributed by atoms with van der Waals surface area (Å²) < 4.78 is 15.2. The average molecular weight is 443 g/mol. The van der Waals surface area contributed by atoms with Crippen molar-refractivity contribution in [2.75, 3.05) is 0 Å². The summed E-state index contributed by atoms with van der Waals surface area (Å²) in [6.07, 6.45) is 3.38. The highest BCUT2D eigenvalue weighted by molar-refractivity contribution is 6.33. The normalized spacial score (nSPS) is 13.0. The fourth-order valence-corrected chi connectivity index (χ4v) is 3.46. The Hall–Kier alpha value is -3.19. The topological polar surface area (TPSA) is 76.0 Å². The number of halogens is 2. The van der Waals surface area contributed by atoms with Gasteiger partial charge in [-0.2, -0.15) is 0 Å². The molecule has 0 aliphatic rings. The van der Waals surface area contributed by atoms with Gasteiger partial charge in [-0.3, -0.25) is 9.59 Å². The Morgan fingerprint density at radius 2 is 1.74 bits per heavy atom. The smallest absolute Gasteiger partial charge is 0.253 e. The van der Waals surface area contributed by atoms with E-state index in [9.17, 15) is 14.0 Å². The monoisotopic (exact) mass is 442 g/mol. The van der Waals surface area contributed by atoms with Gasteiger partial charge in [-0.05, 0) is 35.7 Å². The molecule has 162 valence electrons. The van der Waals surface area contributed by atoms with E-state index in [0.29, 0.717) is 22.0 Å². The highest BCUT2D eigenvalue weighted by atomic mass is 35.5. The lowest BCUT2D eigenvalue weighted by molar-refractivity contribution is -0.124. The Labute approximate surface area is 185 Å². The zero-order chi connectivity index (χ0) is 22.5. The molecule has 8 heteroatoms. The minimum absolute atomic E-state index is 0.193. The van der Waals surface area contributed by atoms with Gasteiger partial charge in [0, 0.05) is 19.4 Å². The van der Waals surface area contributed by atoms with Crippen molar-refractivity contribution in [1.82, 2.24) is 20.2 Å². The minimum atomic E-state index is -0.813. The third-order valence-electron chi connectivity index (χ3n) is 4.96. The lowest BCUT2D eigenvalue weighted by Crippen LogP contribution is -2.50. The van der Waals surface area contributed by atoms with Crippen LogP contribution in [-0.4, -0.2) is 27.4 Å². The summed E-state index contributed by atoms with van der Waals surface area (Å²) in [6.45, 7) is 3.68. The average Bonchev–Trinajstić information content (AvgIpc) is 3.16. The molecule has 0 fully saturated rings. The lowest BCUT2D eigenvalue weighted by atomic mass is 10.0. The van der Waals surface area contributed by atoms with Gasteiger partial charge in [0.25, 0.3) is 5.91 Å². The zero-order valence-corrected chi connectivity index (χ0v) is 18.2. The first-order valence-corrected chi connectivity index (χ1v) is 10.2. The Balaban J connectivity index is 1.86. The Morgan fingerprint density at radius 3 is 2.32 bits per heavy atom.